The molecular weight excluding hydrogens is 382 g/mol. The highest BCUT2D eigenvalue weighted by molar-refractivity contribution is 9.10. The molecule has 3 aliphatic rings. The van der Waals surface area contributed by atoms with E-state index in [1.165, 1.54) is 25.9 Å². The van der Waals surface area contributed by atoms with Crippen molar-refractivity contribution in [3.8, 4) is 0 Å². The molecule has 0 bridgehead atoms. The van der Waals surface area contributed by atoms with Crippen LogP contribution in [0.4, 0.5) is 5.69 Å². The fourth-order valence-electron chi connectivity index (χ4n) is 4.38. The highest BCUT2D eigenvalue weighted by atomic mass is 79.9. The number of halogens is 1. The van der Waals surface area contributed by atoms with E-state index in [1.54, 1.807) is 4.90 Å². The predicted molar refractivity (Wildman–Crippen MR) is 100 cm³/mol. The SMILES string of the molecule is O=C([C@@H]1CC(=O)N(c2ccccc2Br)C1)N1CC[C@@H](N2CCCC2)C1. The van der Waals surface area contributed by atoms with Gasteiger partial charge >= 0.3 is 0 Å². The van der Waals surface area contributed by atoms with Crippen molar-refractivity contribution in [2.24, 2.45) is 5.92 Å². The van der Waals surface area contributed by atoms with Crippen molar-refractivity contribution >= 4 is 33.4 Å². The quantitative estimate of drug-likeness (QED) is 0.775. The van der Waals surface area contributed by atoms with E-state index in [-0.39, 0.29) is 17.7 Å². The zero-order valence-corrected chi connectivity index (χ0v) is 16.0. The van der Waals surface area contributed by atoms with E-state index in [9.17, 15) is 9.59 Å². The van der Waals surface area contributed by atoms with E-state index in [4.69, 9.17) is 0 Å². The summed E-state index contributed by atoms with van der Waals surface area (Å²) in [5, 5.41) is 0. The first-order chi connectivity index (χ1) is 12.1. The van der Waals surface area contributed by atoms with Crippen LogP contribution in [-0.4, -0.2) is 60.4 Å². The number of carbonyl (C=O) groups is 2. The molecule has 3 heterocycles. The van der Waals surface area contributed by atoms with Crippen molar-refractivity contribution in [3.63, 3.8) is 0 Å². The first-order valence-corrected chi connectivity index (χ1v) is 10.0. The number of hydrogen-bond donors (Lipinski definition) is 0. The lowest BCUT2D eigenvalue weighted by molar-refractivity contribution is -0.134. The van der Waals surface area contributed by atoms with Crippen molar-refractivity contribution in [3.05, 3.63) is 28.7 Å². The molecule has 5 nitrogen and oxygen atoms in total. The molecule has 1 aromatic carbocycles. The first-order valence-electron chi connectivity index (χ1n) is 9.21. The lowest BCUT2D eigenvalue weighted by atomic mass is 10.1. The molecule has 0 unspecified atom stereocenters. The van der Waals surface area contributed by atoms with Crippen LogP contribution in [0.1, 0.15) is 25.7 Å². The molecule has 0 spiro atoms. The molecule has 6 heteroatoms. The highest BCUT2D eigenvalue weighted by Gasteiger charge is 2.40. The summed E-state index contributed by atoms with van der Waals surface area (Å²) in [6, 6.07) is 8.22. The van der Waals surface area contributed by atoms with E-state index < -0.39 is 0 Å². The Balaban J connectivity index is 1.40. The zero-order chi connectivity index (χ0) is 17.4. The summed E-state index contributed by atoms with van der Waals surface area (Å²) in [5.41, 5.74) is 0.860. The van der Waals surface area contributed by atoms with Crippen molar-refractivity contribution in [1.82, 2.24) is 9.80 Å². The molecule has 3 saturated heterocycles. The van der Waals surface area contributed by atoms with E-state index in [0.29, 0.717) is 19.0 Å². The summed E-state index contributed by atoms with van der Waals surface area (Å²) in [5.74, 6) is -0.0120. The number of carbonyl (C=O) groups excluding carboxylic acids is 2. The van der Waals surface area contributed by atoms with Crippen LogP contribution in [0, 0.1) is 5.92 Å². The van der Waals surface area contributed by atoms with Gasteiger partial charge < -0.3 is 9.80 Å². The molecular formula is C19H24BrN3O2. The van der Waals surface area contributed by atoms with Gasteiger partial charge in [0.15, 0.2) is 0 Å². The number of amides is 2. The fraction of sp³-hybridized carbons (Fsp3) is 0.579. The number of benzene rings is 1. The van der Waals surface area contributed by atoms with Gasteiger partial charge in [-0.3, -0.25) is 14.5 Å². The van der Waals surface area contributed by atoms with Crippen LogP contribution in [0.2, 0.25) is 0 Å². The van der Waals surface area contributed by atoms with Crippen LogP contribution in [0.5, 0.6) is 0 Å². The van der Waals surface area contributed by atoms with E-state index in [2.05, 4.69) is 20.8 Å². The highest BCUT2D eigenvalue weighted by Crippen LogP contribution is 2.32. The summed E-state index contributed by atoms with van der Waals surface area (Å²) in [6.07, 6.45) is 3.95. The molecule has 2 amide bonds. The van der Waals surface area contributed by atoms with Gasteiger partial charge in [-0.05, 0) is 60.4 Å². The van der Waals surface area contributed by atoms with E-state index in [1.807, 2.05) is 29.2 Å². The summed E-state index contributed by atoms with van der Waals surface area (Å²) in [6.45, 7) is 4.50. The Labute approximate surface area is 157 Å². The van der Waals surface area contributed by atoms with E-state index >= 15 is 0 Å². The van der Waals surface area contributed by atoms with Gasteiger partial charge in [0, 0.05) is 36.6 Å². The summed E-state index contributed by atoms with van der Waals surface area (Å²) in [4.78, 5) is 31.7. The normalized spacial score (nSPS) is 27.5. The summed E-state index contributed by atoms with van der Waals surface area (Å²) < 4.78 is 0.895. The standard InChI is InChI=1S/C19H24BrN3O2/c20-16-5-1-2-6-17(16)23-12-14(11-18(23)24)19(25)22-10-7-15(13-22)21-8-3-4-9-21/h1-2,5-6,14-15H,3-4,7-13H2/t14-,15-/m1/s1. The van der Waals surface area contributed by atoms with Gasteiger partial charge in [-0.1, -0.05) is 12.1 Å². The number of likely N-dealkylation sites (tertiary alicyclic amines) is 2. The van der Waals surface area contributed by atoms with Gasteiger partial charge in [0.1, 0.15) is 0 Å². The first kappa shape index (κ1) is 17.0. The molecule has 1 aromatic rings. The molecule has 0 aromatic heterocycles. The molecule has 0 radical (unpaired) electrons. The number of anilines is 1. The largest absolute Gasteiger partial charge is 0.341 e. The second-order valence-electron chi connectivity index (χ2n) is 7.33. The van der Waals surface area contributed by atoms with Crippen LogP contribution in [0.15, 0.2) is 28.7 Å². The maximum Gasteiger partial charge on any atom is 0.228 e. The zero-order valence-electron chi connectivity index (χ0n) is 14.4. The van der Waals surface area contributed by atoms with Gasteiger partial charge in [-0.2, -0.15) is 0 Å². The Hall–Kier alpha value is -1.40. The predicted octanol–water partition coefficient (Wildman–Crippen LogP) is 2.50. The van der Waals surface area contributed by atoms with Gasteiger partial charge in [0.25, 0.3) is 0 Å². The maximum absolute atomic E-state index is 12.9. The number of para-hydroxylation sites is 1. The smallest absolute Gasteiger partial charge is 0.228 e. The molecule has 3 fully saturated rings. The molecule has 0 N–H and O–H groups in total. The Kier molecular flexibility index (Phi) is 4.82. The van der Waals surface area contributed by atoms with Crippen LogP contribution >= 0.6 is 15.9 Å². The van der Waals surface area contributed by atoms with Crippen molar-refractivity contribution in [2.45, 2.75) is 31.7 Å². The van der Waals surface area contributed by atoms with Crippen LogP contribution < -0.4 is 4.90 Å². The average Bonchev–Trinajstić information content (AvgIpc) is 3.35. The third-order valence-electron chi connectivity index (χ3n) is 5.75. The Morgan fingerprint density at radius 1 is 1.08 bits per heavy atom. The summed E-state index contributed by atoms with van der Waals surface area (Å²) in [7, 11) is 0. The van der Waals surface area contributed by atoms with E-state index in [0.717, 1.165) is 29.7 Å². The average molecular weight is 406 g/mol. The Morgan fingerprint density at radius 3 is 2.60 bits per heavy atom. The molecule has 2 atom stereocenters. The van der Waals surface area contributed by atoms with Gasteiger partial charge in [-0.15, -0.1) is 0 Å². The summed E-state index contributed by atoms with van der Waals surface area (Å²) >= 11 is 3.51. The molecule has 3 aliphatic heterocycles. The molecule has 134 valence electrons. The topological polar surface area (TPSA) is 43.9 Å². The molecule has 0 saturated carbocycles. The van der Waals surface area contributed by atoms with Gasteiger partial charge in [0.2, 0.25) is 11.8 Å². The third kappa shape index (κ3) is 3.34. The number of rotatable bonds is 3. The van der Waals surface area contributed by atoms with Crippen molar-refractivity contribution in [1.29, 1.82) is 0 Å². The second kappa shape index (κ2) is 7.08. The Bertz CT molecular complexity index is 674. The number of hydrogen-bond acceptors (Lipinski definition) is 3. The maximum atomic E-state index is 12.9. The minimum atomic E-state index is -0.211. The van der Waals surface area contributed by atoms with Crippen molar-refractivity contribution < 1.29 is 9.59 Å². The number of nitrogens with zero attached hydrogens (tertiary/aromatic N) is 3. The lowest BCUT2D eigenvalue weighted by Gasteiger charge is -2.25. The van der Waals surface area contributed by atoms with Gasteiger partial charge in [-0.25, -0.2) is 0 Å². The molecule has 4 rings (SSSR count). The monoisotopic (exact) mass is 405 g/mol. The second-order valence-corrected chi connectivity index (χ2v) is 8.18. The lowest BCUT2D eigenvalue weighted by Crippen LogP contribution is -2.40. The van der Waals surface area contributed by atoms with Gasteiger partial charge in [0.05, 0.1) is 11.6 Å². The minimum absolute atomic E-state index is 0.0422. The van der Waals surface area contributed by atoms with Crippen LogP contribution in [-0.2, 0) is 9.59 Å². The minimum Gasteiger partial charge on any atom is -0.341 e. The Morgan fingerprint density at radius 2 is 1.84 bits per heavy atom. The fourth-order valence-corrected chi connectivity index (χ4v) is 4.88. The molecule has 25 heavy (non-hydrogen) atoms. The van der Waals surface area contributed by atoms with Crippen LogP contribution in [0.3, 0.4) is 0 Å². The molecule has 0 aliphatic carbocycles. The van der Waals surface area contributed by atoms with Crippen molar-refractivity contribution in [2.75, 3.05) is 37.6 Å². The third-order valence-corrected chi connectivity index (χ3v) is 6.42. The van der Waals surface area contributed by atoms with Crippen LogP contribution in [0.25, 0.3) is 0 Å².